The number of amides is 1. The van der Waals surface area contributed by atoms with Crippen LogP contribution in [0.5, 0.6) is 0 Å². The van der Waals surface area contributed by atoms with Crippen molar-refractivity contribution >= 4 is 40.6 Å². The van der Waals surface area contributed by atoms with Gasteiger partial charge in [0.15, 0.2) is 0 Å². The highest BCUT2D eigenvalue weighted by molar-refractivity contribution is 8.00. The molecule has 5 heteroatoms. The summed E-state index contributed by atoms with van der Waals surface area (Å²) in [6.07, 6.45) is 0. The molecule has 2 rings (SSSR count). The molecule has 1 amide bonds. The van der Waals surface area contributed by atoms with E-state index in [9.17, 15) is 4.79 Å². The average Bonchev–Trinajstić information content (AvgIpc) is 2.47. The summed E-state index contributed by atoms with van der Waals surface area (Å²) in [4.78, 5) is 15.0. The standard InChI is InChI=1S/C16H17ClN2OS/c1-19(2)14-9-5-4-8-13(14)18-16(20)11-21-15-10-6-3-7-12(15)17/h3-10H,11H2,1-2H3,(H,18,20). The zero-order valence-electron chi connectivity index (χ0n) is 12.0. The van der Waals surface area contributed by atoms with Crippen molar-refractivity contribution in [1.82, 2.24) is 0 Å². The quantitative estimate of drug-likeness (QED) is 0.840. The fourth-order valence-corrected chi connectivity index (χ4v) is 2.90. The molecule has 3 nitrogen and oxygen atoms in total. The average molecular weight is 321 g/mol. The van der Waals surface area contributed by atoms with Gasteiger partial charge in [-0.3, -0.25) is 4.79 Å². The van der Waals surface area contributed by atoms with Gasteiger partial charge in [0.1, 0.15) is 0 Å². The molecule has 0 aliphatic heterocycles. The van der Waals surface area contributed by atoms with Crippen LogP contribution in [0.3, 0.4) is 0 Å². The second-order valence-electron chi connectivity index (χ2n) is 4.68. The van der Waals surface area contributed by atoms with Crippen molar-refractivity contribution in [2.45, 2.75) is 4.90 Å². The number of thioether (sulfide) groups is 1. The van der Waals surface area contributed by atoms with Crippen molar-refractivity contribution in [1.29, 1.82) is 0 Å². The number of halogens is 1. The molecule has 0 heterocycles. The minimum Gasteiger partial charge on any atom is -0.376 e. The molecule has 0 saturated carbocycles. The molecule has 2 aromatic rings. The molecule has 110 valence electrons. The zero-order chi connectivity index (χ0) is 15.2. The van der Waals surface area contributed by atoms with Gasteiger partial charge >= 0.3 is 0 Å². The van der Waals surface area contributed by atoms with Gasteiger partial charge in [0.25, 0.3) is 0 Å². The Morgan fingerprint density at radius 3 is 2.52 bits per heavy atom. The van der Waals surface area contributed by atoms with E-state index in [0.717, 1.165) is 16.3 Å². The Balaban J connectivity index is 1.98. The Hall–Kier alpha value is -1.65. The van der Waals surface area contributed by atoms with Crippen molar-refractivity contribution in [2.75, 3.05) is 30.1 Å². The fourth-order valence-electron chi connectivity index (χ4n) is 1.86. The smallest absolute Gasteiger partial charge is 0.234 e. The number of para-hydroxylation sites is 2. The lowest BCUT2D eigenvalue weighted by Crippen LogP contribution is -2.17. The number of carbonyl (C=O) groups is 1. The van der Waals surface area contributed by atoms with Crippen LogP contribution in [0.2, 0.25) is 5.02 Å². The highest BCUT2D eigenvalue weighted by atomic mass is 35.5. The predicted molar refractivity (Wildman–Crippen MR) is 91.6 cm³/mol. The Bertz CT molecular complexity index is 631. The van der Waals surface area contributed by atoms with E-state index in [1.807, 2.05) is 67.5 Å². The van der Waals surface area contributed by atoms with Gasteiger partial charge in [0, 0.05) is 19.0 Å². The molecule has 0 unspecified atom stereocenters. The van der Waals surface area contributed by atoms with Crippen LogP contribution in [0.4, 0.5) is 11.4 Å². The van der Waals surface area contributed by atoms with Gasteiger partial charge in [-0.15, -0.1) is 11.8 Å². The van der Waals surface area contributed by atoms with Crippen LogP contribution in [0.25, 0.3) is 0 Å². The molecule has 0 saturated heterocycles. The summed E-state index contributed by atoms with van der Waals surface area (Å²) in [6.45, 7) is 0. The summed E-state index contributed by atoms with van der Waals surface area (Å²) in [5.74, 6) is 0.278. The number of rotatable bonds is 5. The first-order valence-corrected chi connectivity index (χ1v) is 7.88. The van der Waals surface area contributed by atoms with Crippen LogP contribution < -0.4 is 10.2 Å². The Morgan fingerprint density at radius 1 is 1.14 bits per heavy atom. The molecule has 2 aromatic carbocycles. The summed E-state index contributed by atoms with van der Waals surface area (Å²) in [5.41, 5.74) is 1.79. The largest absolute Gasteiger partial charge is 0.376 e. The molecule has 1 N–H and O–H groups in total. The van der Waals surface area contributed by atoms with Gasteiger partial charge in [0.2, 0.25) is 5.91 Å². The monoisotopic (exact) mass is 320 g/mol. The van der Waals surface area contributed by atoms with Gasteiger partial charge in [0.05, 0.1) is 22.2 Å². The summed E-state index contributed by atoms with van der Waals surface area (Å²) < 4.78 is 0. The van der Waals surface area contributed by atoms with E-state index in [2.05, 4.69) is 5.32 Å². The van der Waals surface area contributed by atoms with E-state index in [-0.39, 0.29) is 5.91 Å². The van der Waals surface area contributed by atoms with E-state index in [1.54, 1.807) is 0 Å². The lowest BCUT2D eigenvalue weighted by molar-refractivity contribution is -0.113. The number of nitrogens with zero attached hydrogens (tertiary/aromatic N) is 1. The maximum absolute atomic E-state index is 12.1. The summed E-state index contributed by atoms with van der Waals surface area (Å²) in [5, 5.41) is 3.61. The normalized spacial score (nSPS) is 10.2. The van der Waals surface area contributed by atoms with Crippen molar-refractivity contribution < 1.29 is 4.79 Å². The third-order valence-corrected chi connectivity index (χ3v) is 4.37. The number of benzene rings is 2. The maximum Gasteiger partial charge on any atom is 0.234 e. The number of anilines is 2. The molecule has 0 fully saturated rings. The Morgan fingerprint density at radius 2 is 1.81 bits per heavy atom. The molecule has 0 spiro atoms. The molecule has 0 aromatic heterocycles. The molecule has 0 radical (unpaired) electrons. The summed E-state index contributed by atoms with van der Waals surface area (Å²) in [6, 6.07) is 15.2. The van der Waals surface area contributed by atoms with Gasteiger partial charge in [-0.05, 0) is 24.3 Å². The molecule has 0 bridgehead atoms. The van der Waals surface area contributed by atoms with Crippen LogP contribution in [0.15, 0.2) is 53.4 Å². The number of hydrogen-bond donors (Lipinski definition) is 1. The molecule has 21 heavy (non-hydrogen) atoms. The Kier molecular flexibility index (Phi) is 5.53. The number of hydrogen-bond acceptors (Lipinski definition) is 3. The topological polar surface area (TPSA) is 32.3 Å². The van der Waals surface area contributed by atoms with E-state index in [4.69, 9.17) is 11.6 Å². The van der Waals surface area contributed by atoms with Gasteiger partial charge in [-0.25, -0.2) is 0 Å². The number of carbonyl (C=O) groups excluding carboxylic acids is 1. The molecule has 0 aliphatic rings. The van der Waals surface area contributed by atoms with Gasteiger partial charge in [-0.1, -0.05) is 35.9 Å². The lowest BCUT2D eigenvalue weighted by Gasteiger charge is -2.17. The van der Waals surface area contributed by atoms with Crippen molar-refractivity contribution in [3.8, 4) is 0 Å². The van der Waals surface area contributed by atoms with Gasteiger partial charge < -0.3 is 10.2 Å². The molecular formula is C16H17ClN2OS. The minimum absolute atomic E-state index is 0.0470. The first-order valence-electron chi connectivity index (χ1n) is 6.51. The lowest BCUT2D eigenvalue weighted by atomic mass is 10.2. The van der Waals surface area contributed by atoms with E-state index >= 15 is 0 Å². The van der Waals surface area contributed by atoms with Crippen LogP contribution in [0.1, 0.15) is 0 Å². The third-order valence-electron chi connectivity index (χ3n) is 2.86. The highest BCUT2D eigenvalue weighted by Crippen LogP contribution is 2.27. The fraction of sp³-hybridized carbons (Fsp3) is 0.188. The number of nitrogens with one attached hydrogen (secondary N) is 1. The van der Waals surface area contributed by atoms with Crippen LogP contribution in [-0.4, -0.2) is 25.8 Å². The summed E-state index contributed by atoms with van der Waals surface area (Å²) >= 11 is 7.51. The Labute approximate surface area is 134 Å². The minimum atomic E-state index is -0.0470. The first kappa shape index (κ1) is 15.7. The summed E-state index contributed by atoms with van der Waals surface area (Å²) in [7, 11) is 3.90. The highest BCUT2D eigenvalue weighted by Gasteiger charge is 2.09. The third kappa shape index (κ3) is 4.41. The van der Waals surface area contributed by atoms with E-state index in [0.29, 0.717) is 10.8 Å². The van der Waals surface area contributed by atoms with Gasteiger partial charge in [-0.2, -0.15) is 0 Å². The zero-order valence-corrected chi connectivity index (χ0v) is 13.5. The predicted octanol–water partition coefficient (Wildman–Crippen LogP) is 4.14. The molecular weight excluding hydrogens is 304 g/mol. The van der Waals surface area contributed by atoms with Crippen LogP contribution >= 0.6 is 23.4 Å². The first-order chi connectivity index (χ1) is 10.1. The van der Waals surface area contributed by atoms with Crippen LogP contribution in [-0.2, 0) is 4.79 Å². The van der Waals surface area contributed by atoms with Crippen molar-refractivity contribution in [3.63, 3.8) is 0 Å². The van der Waals surface area contributed by atoms with E-state index < -0.39 is 0 Å². The van der Waals surface area contributed by atoms with Crippen molar-refractivity contribution in [3.05, 3.63) is 53.6 Å². The van der Waals surface area contributed by atoms with E-state index in [1.165, 1.54) is 11.8 Å². The molecule has 0 atom stereocenters. The SMILES string of the molecule is CN(C)c1ccccc1NC(=O)CSc1ccccc1Cl. The molecule has 0 aliphatic carbocycles. The van der Waals surface area contributed by atoms with Crippen molar-refractivity contribution in [2.24, 2.45) is 0 Å². The second kappa shape index (κ2) is 7.38. The second-order valence-corrected chi connectivity index (χ2v) is 6.10. The van der Waals surface area contributed by atoms with Crippen LogP contribution in [0, 0.1) is 0 Å². The maximum atomic E-state index is 12.1.